The third-order valence-electron chi connectivity index (χ3n) is 4.58. The van der Waals surface area contributed by atoms with E-state index in [0.717, 1.165) is 37.2 Å². The highest BCUT2D eigenvalue weighted by molar-refractivity contribution is 7.89. The first-order valence-corrected chi connectivity index (χ1v) is 9.06. The van der Waals surface area contributed by atoms with Gasteiger partial charge >= 0.3 is 0 Å². The number of sulfonamides is 1. The van der Waals surface area contributed by atoms with Gasteiger partial charge in [0.15, 0.2) is 5.03 Å². The molecule has 1 aromatic rings. The molecule has 0 amide bonds. The van der Waals surface area contributed by atoms with Gasteiger partial charge in [0, 0.05) is 25.8 Å². The first-order chi connectivity index (χ1) is 9.98. The molecule has 118 valence electrons. The van der Waals surface area contributed by atoms with Gasteiger partial charge in [-0.05, 0) is 43.2 Å². The van der Waals surface area contributed by atoms with Crippen LogP contribution in [0.2, 0.25) is 0 Å². The Balaban J connectivity index is 2.11. The van der Waals surface area contributed by atoms with Crippen LogP contribution in [0.25, 0.3) is 0 Å². The SMILES string of the molecule is CCC1CCC(N(C)S(=O)(=O)c2ccc(CN)cn2)CC1. The zero-order valence-corrected chi connectivity index (χ0v) is 13.6. The Morgan fingerprint density at radius 3 is 2.43 bits per heavy atom. The molecule has 21 heavy (non-hydrogen) atoms. The quantitative estimate of drug-likeness (QED) is 0.904. The Morgan fingerprint density at radius 2 is 1.95 bits per heavy atom. The van der Waals surface area contributed by atoms with Crippen molar-refractivity contribution in [3.8, 4) is 0 Å². The fourth-order valence-corrected chi connectivity index (χ4v) is 4.27. The van der Waals surface area contributed by atoms with E-state index in [1.165, 1.54) is 16.9 Å². The molecule has 1 aliphatic carbocycles. The van der Waals surface area contributed by atoms with Gasteiger partial charge in [-0.1, -0.05) is 19.4 Å². The van der Waals surface area contributed by atoms with Crippen LogP contribution in [0.5, 0.6) is 0 Å². The molecule has 0 bridgehead atoms. The van der Waals surface area contributed by atoms with Gasteiger partial charge < -0.3 is 5.73 Å². The van der Waals surface area contributed by atoms with E-state index in [9.17, 15) is 8.42 Å². The number of pyridine rings is 1. The predicted molar refractivity (Wildman–Crippen MR) is 83.1 cm³/mol. The molecule has 0 saturated heterocycles. The lowest BCUT2D eigenvalue weighted by molar-refractivity contribution is 0.232. The van der Waals surface area contributed by atoms with E-state index in [1.54, 1.807) is 19.2 Å². The van der Waals surface area contributed by atoms with E-state index in [0.29, 0.717) is 6.54 Å². The molecule has 5 nitrogen and oxygen atoms in total. The van der Waals surface area contributed by atoms with Gasteiger partial charge in [0.1, 0.15) is 0 Å². The Morgan fingerprint density at radius 1 is 1.29 bits per heavy atom. The molecule has 1 aliphatic rings. The third-order valence-corrected chi connectivity index (χ3v) is 6.41. The molecule has 2 N–H and O–H groups in total. The Bertz CT molecular complexity index is 549. The normalized spacial score (nSPS) is 23.4. The van der Waals surface area contributed by atoms with Gasteiger partial charge in [-0.15, -0.1) is 0 Å². The van der Waals surface area contributed by atoms with E-state index in [1.807, 2.05) is 0 Å². The lowest BCUT2D eigenvalue weighted by Gasteiger charge is -2.33. The summed E-state index contributed by atoms with van der Waals surface area (Å²) in [6.45, 7) is 2.57. The van der Waals surface area contributed by atoms with E-state index in [2.05, 4.69) is 11.9 Å². The van der Waals surface area contributed by atoms with Crippen LogP contribution in [0.4, 0.5) is 0 Å². The number of aromatic nitrogens is 1. The van der Waals surface area contributed by atoms with E-state index >= 15 is 0 Å². The lowest BCUT2D eigenvalue weighted by atomic mass is 9.85. The number of nitrogens with zero attached hydrogens (tertiary/aromatic N) is 2. The van der Waals surface area contributed by atoms with Crippen LogP contribution in [-0.4, -0.2) is 30.8 Å². The van der Waals surface area contributed by atoms with Crippen LogP contribution in [0.3, 0.4) is 0 Å². The summed E-state index contributed by atoms with van der Waals surface area (Å²) in [6, 6.07) is 3.36. The summed E-state index contributed by atoms with van der Waals surface area (Å²) in [7, 11) is -1.83. The fourth-order valence-electron chi connectivity index (χ4n) is 2.94. The van der Waals surface area contributed by atoms with Crippen molar-refractivity contribution < 1.29 is 8.42 Å². The van der Waals surface area contributed by atoms with Crippen LogP contribution in [0.15, 0.2) is 23.4 Å². The van der Waals surface area contributed by atoms with Gasteiger partial charge in [0.2, 0.25) is 0 Å². The predicted octanol–water partition coefficient (Wildman–Crippen LogP) is 2.13. The molecular formula is C15H25N3O2S. The standard InChI is InChI=1S/C15H25N3O2S/c1-3-12-4-7-14(8-5-12)18(2)21(19,20)15-9-6-13(10-16)11-17-15/h6,9,11-12,14H,3-5,7-8,10,16H2,1-2H3. The Hall–Kier alpha value is -0.980. The average Bonchev–Trinajstić information content (AvgIpc) is 2.54. The van der Waals surface area contributed by atoms with Gasteiger partial charge in [-0.2, -0.15) is 4.31 Å². The highest BCUT2D eigenvalue weighted by Crippen LogP contribution is 2.31. The van der Waals surface area contributed by atoms with Crippen LogP contribution in [-0.2, 0) is 16.6 Å². The molecule has 0 aromatic carbocycles. The van der Waals surface area contributed by atoms with Crippen molar-refractivity contribution in [3.63, 3.8) is 0 Å². The second kappa shape index (κ2) is 6.85. The molecule has 0 unspecified atom stereocenters. The van der Waals surface area contributed by atoms with Crippen molar-refractivity contribution in [3.05, 3.63) is 23.9 Å². The monoisotopic (exact) mass is 311 g/mol. The highest BCUT2D eigenvalue weighted by Gasteiger charge is 2.31. The molecule has 1 heterocycles. The highest BCUT2D eigenvalue weighted by atomic mass is 32.2. The van der Waals surface area contributed by atoms with Gasteiger partial charge in [0.25, 0.3) is 10.0 Å². The van der Waals surface area contributed by atoms with E-state index in [4.69, 9.17) is 5.73 Å². The van der Waals surface area contributed by atoms with Gasteiger partial charge in [-0.3, -0.25) is 0 Å². The second-order valence-electron chi connectivity index (χ2n) is 5.81. The maximum Gasteiger partial charge on any atom is 0.260 e. The molecule has 1 aromatic heterocycles. The minimum Gasteiger partial charge on any atom is -0.326 e. The Labute approximate surface area is 127 Å². The molecule has 0 radical (unpaired) electrons. The summed E-state index contributed by atoms with van der Waals surface area (Å²) in [4.78, 5) is 4.06. The van der Waals surface area contributed by atoms with Crippen molar-refractivity contribution in [2.45, 2.75) is 56.6 Å². The summed E-state index contributed by atoms with van der Waals surface area (Å²) in [5.74, 6) is 0.749. The minimum atomic E-state index is -3.51. The van der Waals surface area contributed by atoms with Crippen molar-refractivity contribution in [1.82, 2.24) is 9.29 Å². The Kier molecular flexibility index (Phi) is 5.35. The summed E-state index contributed by atoms with van der Waals surface area (Å²) in [5, 5.41) is 0.111. The van der Waals surface area contributed by atoms with Crippen molar-refractivity contribution in [2.75, 3.05) is 7.05 Å². The second-order valence-corrected chi connectivity index (χ2v) is 7.76. The smallest absolute Gasteiger partial charge is 0.260 e. The molecule has 0 spiro atoms. The van der Waals surface area contributed by atoms with Crippen LogP contribution >= 0.6 is 0 Å². The van der Waals surface area contributed by atoms with Crippen molar-refractivity contribution >= 4 is 10.0 Å². The summed E-state index contributed by atoms with van der Waals surface area (Å²) >= 11 is 0. The van der Waals surface area contributed by atoms with E-state index < -0.39 is 10.0 Å². The van der Waals surface area contributed by atoms with E-state index in [-0.39, 0.29) is 11.1 Å². The molecule has 1 fully saturated rings. The lowest BCUT2D eigenvalue weighted by Crippen LogP contribution is -2.39. The number of nitrogens with two attached hydrogens (primary N) is 1. The minimum absolute atomic E-state index is 0.0915. The fraction of sp³-hybridized carbons (Fsp3) is 0.667. The number of hydrogen-bond acceptors (Lipinski definition) is 4. The van der Waals surface area contributed by atoms with Gasteiger partial charge in [0.05, 0.1) is 0 Å². The maximum atomic E-state index is 12.6. The van der Waals surface area contributed by atoms with Crippen LogP contribution in [0.1, 0.15) is 44.6 Å². The first-order valence-electron chi connectivity index (χ1n) is 7.62. The number of hydrogen-bond donors (Lipinski definition) is 1. The van der Waals surface area contributed by atoms with Gasteiger partial charge in [-0.25, -0.2) is 13.4 Å². The molecular weight excluding hydrogens is 286 g/mol. The molecule has 2 rings (SSSR count). The van der Waals surface area contributed by atoms with Crippen LogP contribution in [0, 0.1) is 5.92 Å². The largest absolute Gasteiger partial charge is 0.326 e. The molecule has 0 atom stereocenters. The zero-order chi connectivity index (χ0) is 15.5. The number of rotatable bonds is 5. The summed E-state index contributed by atoms with van der Waals surface area (Å²) in [5.41, 5.74) is 6.35. The third kappa shape index (κ3) is 3.62. The first kappa shape index (κ1) is 16.4. The van der Waals surface area contributed by atoms with Crippen molar-refractivity contribution in [2.24, 2.45) is 11.7 Å². The van der Waals surface area contributed by atoms with Crippen molar-refractivity contribution in [1.29, 1.82) is 0 Å². The topological polar surface area (TPSA) is 76.3 Å². The molecule has 6 heteroatoms. The average molecular weight is 311 g/mol. The molecule has 0 aliphatic heterocycles. The zero-order valence-electron chi connectivity index (χ0n) is 12.8. The maximum absolute atomic E-state index is 12.6. The molecule has 1 saturated carbocycles. The van der Waals surface area contributed by atoms with Crippen LogP contribution < -0.4 is 5.73 Å². The summed E-state index contributed by atoms with van der Waals surface area (Å²) < 4.78 is 26.7. The summed E-state index contributed by atoms with van der Waals surface area (Å²) in [6.07, 6.45) is 6.82.